The van der Waals surface area contributed by atoms with E-state index in [9.17, 15) is 5.11 Å². The van der Waals surface area contributed by atoms with E-state index in [1.54, 1.807) is 0 Å². The maximum absolute atomic E-state index is 10.4. The molecule has 0 aromatic rings. The Morgan fingerprint density at radius 3 is 3.08 bits per heavy atom. The van der Waals surface area contributed by atoms with Crippen molar-refractivity contribution >= 4 is 0 Å². The van der Waals surface area contributed by atoms with E-state index in [0.29, 0.717) is 12.6 Å². The summed E-state index contributed by atoms with van der Waals surface area (Å²) in [5.41, 5.74) is 0. The van der Waals surface area contributed by atoms with Gasteiger partial charge in [-0.05, 0) is 6.42 Å². The van der Waals surface area contributed by atoms with E-state index in [1.807, 2.05) is 0 Å². The zero-order valence-corrected chi connectivity index (χ0v) is 7.33. The summed E-state index contributed by atoms with van der Waals surface area (Å²) in [7, 11) is 0. The minimum absolute atomic E-state index is 0.0398. The standard InChI is InChI=1S/C8H17N2O2/c11-5-1-8-7-9-2-3-10(8)4-6-12/h8-9,11H,1-7H2. The summed E-state index contributed by atoms with van der Waals surface area (Å²) in [6, 6.07) is 0.359. The van der Waals surface area contributed by atoms with Gasteiger partial charge in [0.25, 0.3) is 0 Å². The molecule has 1 rings (SSSR count). The average molecular weight is 173 g/mol. The number of nitrogens with one attached hydrogen (secondary N) is 1. The van der Waals surface area contributed by atoms with Crippen molar-refractivity contribution in [1.82, 2.24) is 10.2 Å². The van der Waals surface area contributed by atoms with Crippen LogP contribution >= 0.6 is 0 Å². The topological polar surface area (TPSA) is 55.4 Å². The van der Waals surface area contributed by atoms with Gasteiger partial charge in [0.15, 0.2) is 0 Å². The first-order valence-corrected chi connectivity index (χ1v) is 4.52. The highest BCUT2D eigenvalue weighted by molar-refractivity contribution is 4.78. The van der Waals surface area contributed by atoms with Crippen LogP contribution in [0.15, 0.2) is 0 Å². The maximum Gasteiger partial charge on any atom is 0.0949 e. The van der Waals surface area contributed by atoms with Crippen LogP contribution in [0.3, 0.4) is 0 Å². The number of aliphatic hydroxyl groups is 1. The molecule has 1 radical (unpaired) electrons. The predicted molar refractivity (Wildman–Crippen MR) is 45.5 cm³/mol. The first kappa shape index (κ1) is 9.92. The molecule has 4 heteroatoms. The van der Waals surface area contributed by atoms with Crippen molar-refractivity contribution in [2.45, 2.75) is 12.5 Å². The second kappa shape index (κ2) is 5.48. The van der Waals surface area contributed by atoms with Crippen LogP contribution in [0.1, 0.15) is 6.42 Å². The van der Waals surface area contributed by atoms with Crippen molar-refractivity contribution in [2.24, 2.45) is 0 Å². The number of piperazine rings is 1. The molecule has 4 nitrogen and oxygen atoms in total. The molecule has 12 heavy (non-hydrogen) atoms. The summed E-state index contributed by atoms with van der Waals surface area (Å²) >= 11 is 0. The average Bonchev–Trinajstić information content (AvgIpc) is 2.09. The minimum Gasteiger partial charge on any atom is -0.396 e. The summed E-state index contributed by atoms with van der Waals surface area (Å²) in [4.78, 5) is 2.17. The summed E-state index contributed by atoms with van der Waals surface area (Å²) < 4.78 is 0. The van der Waals surface area contributed by atoms with Gasteiger partial charge in [0.2, 0.25) is 0 Å². The number of nitrogens with zero attached hydrogens (tertiary/aromatic N) is 1. The highest BCUT2D eigenvalue weighted by Crippen LogP contribution is 2.05. The van der Waals surface area contributed by atoms with Gasteiger partial charge in [0.05, 0.1) is 6.61 Å². The van der Waals surface area contributed by atoms with Crippen LogP contribution in [0.4, 0.5) is 0 Å². The van der Waals surface area contributed by atoms with Gasteiger partial charge < -0.3 is 10.4 Å². The Morgan fingerprint density at radius 2 is 2.42 bits per heavy atom. The lowest BCUT2D eigenvalue weighted by atomic mass is 10.1. The fourth-order valence-corrected chi connectivity index (χ4v) is 1.65. The molecule has 0 aromatic carbocycles. The Hall–Kier alpha value is -0.160. The van der Waals surface area contributed by atoms with Crippen molar-refractivity contribution in [2.75, 3.05) is 39.4 Å². The van der Waals surface area contributed by atoms with E-state index in [0.717, 1.165) is 26.1 Å². The summed E-state index contributed by atoms with van der Waals surface area (Å²) in [5.74, 6) is 0. The van der Waals surface area contributed by atoms with E-state index in [1.165, 1.54) is 0 Å². The van der Waals surface area contributed by atoms with Gasteiger partial charge >= 0.3 is 0 Å². The molecule has 1 fully saturated rings. The van der Waals surface area contributed by atoms with Gasteiger partial charge in [0.1, 0.15) is 0 Å². The van der Waals surface area contributed by atoms with Crippen LogP contribution in [0, 0.1) is 0 Å². The molecular formula is C8H17N2O2. The van der Waals surface area contributed by atoms with E-state index < -0.39 is 0 Å². The number of aliphatic hydroxyl groups excluding tert-OH is 1. The first-order chi connectivity index (χ1) is 5.88. The number of rotatable bonds is 4. The van der Waals surface area contributed by atoms with Crippen molar-refractivity contribution in [3.8, 4) is 0 Å². The summed E-state index contributed by atoms with van der Waals surface area (Å²) in [5, 5.41) is 22.4. The van der Waals surface area contributed by atoms with Crippen molar-refractivity contribution in [1.29, 1.82) is 0 Å². The second-order valence-electron chi connectivity index (χ2n) is 3.11. The molecule has 1 unspecified atom stereocenters. The molecule has 0 saturated carbocycles. The van der Waals surface area contributed by atoms with Crippen LogP contribution in [-0.4, -0.2) is 55.4 Å². The van der Waals surface area contributed by atoms with Crippen molar-refractivity contribution in [3.05, 3.63) is 0 Å². The van der Waals surface area contributed by atoms with Gasteiger partial charge in [-0.3, -0.25) is 4.90 Å². The molecule has 0 amide bonds. The Kier molecular flexibility index (Phi) is 4.53. The third kappa shape index (κ3) is 2.71. The first-order valence-electron chi connectivity index (χ1n) is 4.52. The zero-order valence-electron chi connectivity index (χ0n) is 7.33. The van der Waals surface area contributed by atoms with E-state index in [-0.39, 0.29) is 13.2 Å². The number of hydrogen-bond donors (Lipinski definition) is 2. The zero-order chi connectivity index (χ0) is 8.81. The van der Waals surface area contributed by atoms with Crippen LogP contribution < -0.4 is 5.32 Å². The molecule has 1 aliphatic heterocycles. The molecular weight excluding hydrogens is 156 g/mol. The molecule has 71 valence electrons. The molecule has 0 spiro atoms. The fraction of sp³-hybridized carbons (Fsp3) is 1.00. The molecule has 1 saturated heterocycles. The second-order valence-corrected chi connectivity index (χ2v) is 3.11. The maximum atomic E-state index is 10.4. The minimum atomic E-state index is -0.0398. The smallest absolute Gasteiger partial charge is 0.0949 e. The normalized spacial score (nSPS) is 26.0. The quantitative estimate of drug-likeness (QED) is 0.577. The fourth-order valence-electron chi connectivity index (χ4n) is 1.65. The molecule has 1 atom stereocenters. The van der Waals surface area contributed by atoms with Gasteiger partial charge in [-0.15, -0.1) is 0 Å². The molecule has 1 aliphatic rings. The Bertz CT molecular complexity index is 104. The Morgan fingerprint density at radius 1 is 1.58 bits per heavy atom. The summed E-state index contributed by atoms with van der Waals surface area (Å²) in [6.07, 6.45) is 0.771. The predicted octanol–water partition coefficient (Wildman–Crippen LogP) is -0.927. The summed E-state index contributed by atoms with van der Waals surface area (Å²) in [6.45, 7) is 3.59. The van der Waals surface area contributed by atoms with E-state index in [2.05, 4.69) is 10.2 Å². The molecule has 0 aliphatic carbocycles. The van der Waals surface area contributed by atoms with Crippen LogP contribution in [0.25, 0.3) is 0 Å². The lowest BCUT2D eigenvalue weighted by Gasteiger charge is -2.35. The SMILES string of the molecule is [O]CCN1CCNCC1CCO. The highest BCUT2D eigenvalue weighted by atomic mass is 16.3. The monoisotopic (exact) mass is 173 g/mol. The number of hydrogen-bond acceptors (Lipinski definition) is 3. The van der Waals surface area contributed by atoms with Crippen molar-refractivity contribution < 1.29 is 10.2 Å². The lowest BCUT2D eigenvalue weighted by molar-refractivity contribution is 0.0845. The molecule has 0 aromatic heterocycles. The molecule has 1 heterocycles. The molecule has 2 N–H and O–H groups in total. The largest absolute Gasteiger partial charge is 0.396 e. The molecule has 0 bridgehead atoms. The third-order valence-electron chi connectivity index (χ3n) is 2.31. The van der Waals surface area contributed by atoms with Crippen LogP contribution in [0.5, 0.6) is 0 Å². The van der Waals surface area contributed by atoms with Gasteiger partial charge in [-0.1, -0.05) is 0 Å². The van der Waals surface area contributed by atoms with Crippen molar-refractivity contribution in [3.63, 3.8) is 0 Å². The van der Waals surface area contributed by atoms with E-state index >= 15 is 0 Å². The Labute approximate surface area is 73.2 Å². The van der Waals surface area contributed by atoms with E-state index in [4.69, 9.17) is 5.11 Å². The van der Waals surface area contributed by atoms with Crippen LogP contribution in [-0.2, 0) is 5.11 Å². The third-order valence-corrected chi connectivity index (χ3v) is 2.31. The lowest BCUT2D eigenvalue weighted by Crippen LogP contribution is -2.52. The van der Waals surface area contributed by atoms with Gasteiger partial charge in [-0.2, -0.15) is 0 Å². The Balaban J connectivity index is 2.31. The van der Waals surface area contributed by atoms with Gasteiger partial charge in [-0.25, -0.2) is 5.11 Å². The van der Waals surface area contributed by atoms with Gasteiger partial charge in [0, 0.05) is 38.8 Å². The highest BCUT2D eigenvalue weighted by Gasteiger charge is 2.20. The van der Waals surface area contributed by atoms with Crippen LogP contribution in [0.2, 0.25) is 0 Å².